The minimum absolute atomic E-state index is 0.0567. The van der Waals surface area contributed by atoms with Crippen LogP contribution in [-0.2, 0) is 10.2 Å². The largest absolute Gasteiger partial charge is 0.483 e. The Morgan fingerprint density at radius 1 is 1.15 bits per heavy atom. The molecule has 1 amide bonds. The Morgan fingerprint density at radius 3 is 2.42 bits per heavy atom. The second kappa shape index (κ2) is 8.99. The van der Waals surface area contributed by atoms with Gasteiger partial charge >= 0.3 is 0 Å². The van der Waals surface area contributed by atoms with E-state index in [0.29, 0.717) is 5.75 Å². The third-order valence-electron chi connectivity index (χ3n) is 3.91. The molecule has 0 heterocycles. The molecule has 0 unspecified atom stereocenters. The highest BCUT2D eigenvalue weighted by molar-refractivity contribution is 9.10. The lowest BCUT2D eigenvalue weighted by atomic mass is 9.87. The summed E-state index contributed by atoms with van der Waals surface area (Å²) in [5.74, 6) is 0.342. The fourth-order valence-electron chi connectivity index (χ4n) is 2.37. The zero-order valence-corrected chi connectivity index (χ0v) is 17.3. The summed E-state index contributed by atoms with van der Waals surface area (Å²) in [6.07, 6.45) is 0.727. The van der Waals surface area contributed by atoms with Crippen LogP contribution in [0.4, 0.5) is 0 Å². The van der Waals surface area contributed by atoms with Crippen LogP contribution >= 0.6 is 15.9 Å². The van der Waals surface area contributed by atoms with E-state index in [0.717, 1.165) is 22.2 Å². The molecule has 0 aliphatic heterocycles. The summed E-state index contributed by atoms with van der Waals surface area (Å²) in [7, 11) is 0. The highest BCUT2D eigenvalue weighted by Gasteiger charge is 2.15. The van der Waals surface area contributed by atoms with E-state index in [1.807, 2.05) is 55.5 Å². The Hall–Kier alpha value is -2.14. The lowest BCUT2D eigenvalue weighted by Gasteiger charge is -2.20. The fraction of sp³-hybridized carbons (Fsp3) is 0.333. The van der Waals surface area contributed by atoms with E-state index in [1.54, 1.807) is 0 Å². The molecule has 5 heteroatoms. The Kier molecular flexibility index (Phi) is 6.98. The maximum Gasteiger partial charge on any atom is 0.277 e. The standard InChI is InChI=1S/C21H25BrN2O2/c1-5-18(15-9-7-6-8-10-15)23-24-20(25)14-26-19-12-11-16(13-17(19)22)21(2,3)4/h6-13H,5,14H2,1-4H3,(H,24,25)/b23-18+. The Bertz CT molecular complexity index is 780. The average molecular weight is 417 g/mol. The van der Waals surface area contributed by atoms with E-state index < -0.39 is 0 Å². The van der Waals surface area contributed by atoms with Crippen molar-refractivity contribution in [2.24, 2.45) is 5.10 Å². The normalized spacial score (nSPS) is 12.0. The molecule has 0 saturated heterocycles. The van der Waals surface area contributed by atoms with Crippen LogP contribution in [0.2, 0.25) is 0 Å². The van der Waals surface area contributed by atoms with Gasteiger partial charge in [-0.15, -0.1) is 0 Å². The predicted molar refractivity (Wildman–Crippen MR) is 110 cm³/mol. The summed E-state index contributed by atoms with van der Waals surface area (Å²) in [5, 5.41) is 4.22. The summed E-state index contributed by atoms with van der Waals surface area (Å²) >= 11 is 3.51. The Labute approximate surface area is 163 Å². The van der Waals surface area contributed by atoms with Gasteiger partial charge in [-0.1, -0.05) is 64.1 Å². The molecule has 2 rings (SSSR count). The summed E-state index contributed by atoms with van der Waals surface area (Å²) in [5.41, 5.74) is 5.64. The van der Waals surface area contributed by atoms with Gasteiger partial charge in [0.2, 0.25) is 0 Å². The number of hydrogen-bond donors (Lipinski definition) is 1. The molecule has 26 heavy (non-hydrogen) atoms. The van der Waals surface area contributed by atoms with Crippen LogP contribution in [0.25, 0.3) is 0 Å². The first kappa shape index (κ1) is 20.2. The van der Waals surface area contributed by atoms with Crippen molar-refractivity contribution in [3.8, 4) is 5.75 Å². The molecule has 2 aromatic rings. The molecule has 0 aliphatic carbocycles. The minimum Gasteiger partial charge on any atom is -0.483 e. The SMILES string of the molecule is CC/C(=N\NC(=O)COc1ccc(C(C)(C)C)cc1Br)c1ccccc1. The first-order valence-electron chi connectivity index (χ1n) is 8.65. The predicted octanol–water partition coefficient (Wildman–Crippen LogP) is 5.06. The van der Waals surface area contributed by atoms with Gasteiger partial charge in [0.1, 0.15) is 5.75 Å². The Balaban J connectivity index is 1.95. The highest BCUT2D eigenvalue weighted by Crippen LogP contribution is 2.31. The van der Waals surface area contributed by atoms with Crippen molar-refractivity contribution in [2.75, 3.05) is 6.61 Å². The van der Waals surface area contributed by atoms with Gasteiger partial charge in [0, 0.05) is 0 Å². The van der Waals surface area contributed by atoms with E-state index in [4.69, 9.17) is 4.74 Å². The molecule has 0 atom stereocenters. The molecule has 0 radical (unpaired) electrons. The van der Waals surface area contributed by atoms with Gasteiger partial charge in [-0.2, -0.15) is 5.10 Å². The molecule has 0 fully saturated rings. The third kappa shape index (κ3) is 5.70. The molecule has 0 aliphatic rings. The summed E-state index contributed by atoms with van der Waals surface area (Å²) < 4.78 is 6.44. The monoisotopic (exact) mass is 416 g/mol. The zero-order valence-electron chi connectivity index (χ0n) is 15.7. The van der Waals surface area contributed by atoms with Gasteiger partial charge in [-0.05, 0) is 51.0 Å². The molecule has 0 bridgehead atoms. The number of hydrazone groups is 1. The fourth-order valence-corrected chi connectivity index (χ4v) is 2.86. The number of nitrogens with one attached hydrogen (secondary N) is 1. The molecule has 4 nitrogen and oxygen atoms in total. The molecule has 0 spiro atoms. The smallest absolute Gasteiger partial charge is 0.277 e. The van der Waals surface area contributed by atoms with Gasteiger partial charge in [0.15, 0.2) is 6.61 Å². The quantitative estimate of drug-likeness (QED) is 0.528. The van der Waals surface area contributed by atoms with E-state index in [1.165, 1.54) is 5.56 Å². The second-order valence-corrected chi connectivity index (χ2v) is 7.85. The van der Waals surface area contributed by atoms with Crippen LogP contribution in [0.5, 0.6) is 5.75 Å². The third-order valence-corrected chi connectivity index (χ3v) is 4.53. The number of ether oxygens (including phenoxy) is 1. The van der Waals surface area contributed by atoms with Crippen LogP contribution in [0.3, 0.4) is 0 Å². The first-order valence-corrected chi connectivity index (χ1v) is 9.44. The van der Waals surface area contributed by atoms with Crippen molar-refractivity contribution >= 4 is 27.5 Å². The molecule has 1 N–H and O–H groups in total. The summed E-state index contributed by atoms with van der Waals surface area (Å²) in [4.78, 5) is 12.0. The molecule has 0 saturated carbocycles. The zero-order chi connectivity index (χ0) is 19.2. The van der Waals surface area contributed by atoms with Gasteiger partial charge in [0.25, 0.3) is 5.91 Å². The van der Waals surface area contributed by atoms with Crippen LogP contribution < -0.4 is 10.2 Å². The number of nitrogens with zero attached hydrogens (tertiary/aromatic N) is 1. The molecule has 2 aromatic carbocycles. The van der Waals surface area contributed by atoms with E-state index in [9.17, 15) is 4.79 Å². The number of halogens is 1. The average Bonchev–Trinajstić information content (AvgIpc) is 2.61. The van der Waals surface area contributed by atoms with Gasteiger partial charge in [0.05, 0.1) is 10.2 Å². The number of amides is 1. The number of rotatable bonds is 6. The number of carbonyl (C=O) groups is 1. The molecule has 0 aromatic heterocycles. The summed E-state index contributed by atoms with van der Waals surface area (Å²) in [6.45, 7) is 8.36. The molecular formula is C21H25BrN2O2. The second-order valence-electron chi connectivity index (χ2n) is 7.00. The van der Waals surface area contributed by atoms with E-state index >= 15 is 0 Å². The van der Waals surface area contributed by atoms with Crippen molar-refractivity contribution in [2.45, 2.75) is 39.5 Å². The van der Waals surface area contributed by atoms with Crippen molar-refractivity contribution in [3.63, 3.8) is 0 Å². The first-order chi connectivity index (χ1) is 12.3. The molecule has 138 valence electrons. The minimum atomic E-state index is -0.293. The van der Waals surface area contributed by atoms with Crippen molar-refractivity contribution < 1.29 is 9.53 Å². The topological polar surface area (TPSA) is 50.7 Å². The van der Waals surface area contributed by atoms with Crippen LogP contribution in [0.1, 0.15) is 45.2 Å². The summed E-state index contributed by atoms with van der Waals surface area (Å²) in [6, 6.07) is 15.7. The Morgan fingerprint density at radius 2 is 1.85 bits per heavy atom. The van der Waals surface area contributed by atoms with Gasteiger partial charge in [-0.3, -0.25) is 4.79 Å². The maximum absolute atomic E-state index is 12.0. The maximum atomic E-state index is 12.0. The lowest BCUT2D eigenvalue weighted by molar-refractivity contribution is -0.123. The number of carbonyl (C=O) groups excluding carboxylic acids is 1. The van der Waals surface area contributed by atoms with Crippen molar-refractivity contribution in [3.05, 3.63) is 64.1 Å². The van der Waals surface area contributed by atoms with E-state index in [2.05, 4.69) is 47.2 Å². The number of benzene rings is 2. The van der Waals surface area contributed by atoms with Crippen molar-refractivity contribution in [1.29, 1.82) is 0 Å². The lowest BCUT2D eigenvalue weighted by Crippen LogP contribution is -2.26. The highest BCUT2D eigenvalue weighted by atomic mass is 79.9. The van der Waals surface area contributed by atoms with Gasteiger partial charge < -0.3 is 4.74 Å². The molecular weight excluding hydrogens is 392 g/mol. The van der Waals surface area contributed by atoms with Crippen LogP contribution in [0, 0.1) is 0 Å². The van der Waals surface area contributed by atoms with Crippen molar-refractivity contribution in [1.82, 2.24) is 5.43 Å². The van der Waals surface area contributed by atoms with Gasteiger partial charge in [-0.25, -0.2) is 5.43 Å². The van der Waals surface area contributed by atoms with Crippen LogP contribution in [0.15, 0.2) is 58.1 Å². The van der Waals surface area contributed by atoms with Crippen LogP contribution in [-0.4, -0.2) is 18.2 Å². The van der Waals surface area contributed by atoms with E-state index in [-0.39, 0.29) is 17.9 Å². The number of hydrogen-bond acceptors (Lipinski definition) is 3.